The number of carbonyl (C=O) groups is 1. The molecule has 1 aromatic rings. The lowest BCUT2D eigenvalue weighted by molar-refractivity contribution is -0.147. The fourth-order valence-corrected chi connectivity index (χ4v) is 2.43. The lowest BCUT2D eigenvalue weighted by Gasteiger charge is -2.35. The van der Waals surface area contributed by atoms with E-state index in [-0.39, 0.29) is 11.4 Å². The first-order valence-corrected chi connectivity index (χ1v) is 6.83. The second kappa shape index (κ2) is 4.57. The molecule has 1 aliphatic carbocycles. The van der Waals surface area contributed by atoms with Gasteiger partial charge in [-0.25, -0.2) is 4.79 Å². The summed E-state index contributed by atoms with van der Waals surface area (Å²) in [5, 5.41) is 3.34. The third-order valence-electron chi connectivity index (χ3n) is 4.04. The minimum Gasteiger partial charge on any atom is -0.467 e. The van der Waals surface area contributed by atoms with Crippen molar-refractivity contribution in [1.29, 1.82) is 0 Å². The highest BCUT2D eigenvalue weighted by molar-refractivity contribution is 9.10. The molecular weight excluding hydrogens is 294 g/mol. The number of methoxy groups -OCH3 is 1. The van der Waals surface area contributed by atoms with Gasteiger partial charge in [0.1, 0.15) is 5.54 Å². The Morgan fingerprint density at radius 3 is 2.39 bits per heavy atom. The molecule has 0 aromatic heterocycles. The zero-order chi connectivity index (χ0) is 13.4. The fraction of sp³-hybridized carbons (Fsp3) is 0.500. The predicted octanol–water partition coefficient (Wildman–Crippen LogP) is 3.59. The van der Waals surface area contributed by atoms with Gasteiger partial charge in [-0.2, -0.15) is 0 Å². The number of rotatable bonds is 4. The van der Waals surface area contributed by atoms with Crippen molar-refractivity contribution in [1.82, 2.24) is 0 Å². The van der Waals surface area contributed by atoms with Crippen molar-refractivity contribution in [2.24, 2.45) is 5.41 Å². The number of ether oxygens (including phenoxy) is 1. The van der Waals surface area contributed by atoms with Crippen molar-refractivity contribution in [3.8, 4) is 0 Å². The molecule has 0 radical (unpaired) electrons. The maximum atomic E-state index is 12.1. The molecular formula is C14H18BrNO2. The molecule has 4 heteroatoms. The van der Waals surface area contributed by atoms with Crippen molar-refractivity contribution < 1.29 is 9.53 Å². The molecule has 1 unspecified atom stereocenters. The van der Waals surface area contributed by atoms with E-state index < -0.39 is 5.54 Å². The van der Waals surface area contributed by atoms with Crippen LogP contribution in [0.4, 0.5) is 5.69 Å². The molecule has 18 heavy (non-hydrogen) atoms. The van der Waals surface area contributed by atoms with Crippen molar-refractivity contribution >= 4 is 27.6 Å². The summed E-state index contributed by atoms with van der Waals surface area (Å²) in [6.07, 6.45) is 2.09. The van der Waals surface area contributed by atoms with E-state index in [0.29, 0.717) is 0 Å². The van der Waals surface area contributed by atoms with Crippen LogP contribution in [0.2, 0.25) is 0 Å². The second-order valence-electron chi connectivity index (χ2n) is 5.31. The molecule has 3 nitrogen and oxygen atoms in total. The number of nitrogens with one attached hydrogen (secondary N) is 1. The molecule has 1 atom stereocenters. The zero-order valence-electron chi connectivity index (χ0n) is 10.9. The van der Waals surface area contributed by atoms with Gasteiger partial charge in [0, 0.05) is 15.6 Å². The number of esters is 1. The van der Waals surface area contributed by atoms with Gasteiger partial charge in [-0.1, -0.05) is 22.9 Å². The average molecular weight is 312 g/mol. The highest BCUT2D eigenvalue weighted by atomic mass is 79.9. The lowest BCUT2D eigenvalue weighted by Crippen LogP contribution is -2.51. The van der Waals surface area contributed by atoms with Gasteiger partial charge in [0.05, 0.1) is 7.11 Å². The number of halogens is 1. The number of anilines is 1. The summed E-state index contributed by atoms with van der Waals surface area (Å²) in [6, 6.07) is 7.82. The Labute approximate surface area is 116 Å². The van der Waals surface area contributed by atoms with Crippen LogP contribution in [0.1, 0.15) is 26.7 Å². The third-order valence-corrected chi connectivity index (χ3v) is 4.57. The number of hydrogen-bond donors (Lipinski definition) is 1. The predicted molar refractivity (Wildman–Crippen MR) is 75.5 cm³/mol. The van der Waals surface area contributed by atoms with E-state index in [1.54, 1.807) is 0 Å². The van der Waals surface area contributed by atoms with E-state index in [9.17, 15) is 4.79 Å². The molecule has 0 saturated heterocycles. The highest BCUT2D eigenvalue weighted by Gasteiger charge is 2.58. The largest absolute Gasteiger partial charge is 0.467 e. The van der Waals surface area contributed by atoms with Crippen LogP contribution in [0.25, 0.3) is 0 Å². The molecule has 0 heterocycles. The summed E-state index contributed by atoms with van der Waals surface area (Å²) in [4.78, 5) is 12.1. The monoisotopic (exact) mass is 311 g/mol. The second-order valence-corrected chi connectivity index (χ2v) is 6.22. The molecule has 1 saturated carbocycles. The normalized spacial score (nSPS) is 19.8. The Balaban J connectivity index is 2.26. The molecule has 1 fully saturated rings. The molecule has 0 amide bonds. The van der Waals surface area contributed by atoms with E-state index in [1.807, 2.05) is 31.2 Å². The van der Waals surface area contributed by atoms with Crippen LogP contribution in [0.5, 0.6) is 0 Å². The number of hydrogen-bond acceptors (Lipinski definition) is 3. The quantitative estimate of drug-likeness (QED) is 0.864. The van der Waals surface area contributed by atoms with Gasteiger partial charge in [0.2, 0.25) is 0 Å². The van der Waals surface area contributed by atoms with E-state index >= 15 is 0 Å². The summed E-state index contributed by atoms with van der Waals surface area (Å²) in [7, 11) is 1.44. The molecule has 1 aliphatic rings. The molecule has 1 N–H and O–H groups in total. The molecule has 1 aromatic carbocycles. The first-order valence-electron chi connectivity index (χ1n) is 6.03. The maximum Gasteiger partial charge on any atom is 0.331 e. The Morgan fingerprint density at radius 1 is 1.39 bits per heavy atom. The van der Waals surface area contributed by atoms with Crippen LogP contribution >= 0.6 is 15.9 Å². The summed E-state index contributed by atoms with van der Waals surface area (Å²) >= 11 is 3.40. The van der Waals surface area contributed by atoms with Gasteiger partial charge in [-0.3, -0.25) is 0 Å². The SMILES string of the molecule is COC(=O)C(C)(Nc1ccc(Br)cc1)C1(C)CC1. The van der Waals surface area contributed by atoms with Gasteiger partial charge in [0.25, 0.3) is 0 Å². The summed E-state index contributed by atoms with van der Waals surface area (Å²) in [6.45, 7) is 4.05. The van der Waals surface area contributed by atoms with E-state index in [1.165, 1.54) is 7.11 Å². The van der Waals surface area contributed by atoms with E-state index in [4.69, 9.17) is 4.74 Å². The molecule has 98 valence electrons. The van der Waals surface area contributed by atoms with Crippen LogP contribution in [0.15, 0.2) is 28.7 Å². The summed E-state index contributed by atoms with van der Waals surface area (Å²) in [5.41, 5.74) is 0.238. The van der Waals surface area contributed by atoms with Gasteiger partial charge < -0.3 is 10.1 Å². The van der Waals surface area contributed by atoms with E-state index in [2.05, 4.69) is 28.2 Å². The maximum absolute atomic E-state index is 12.1. The molecule has 0 spiro atoms. The van der Waals surface area contributed by atoms with Crippen molar-refractivity contribution in [2.45, 2.75) is 32.2 Å². The standard InChI is InChI=1S/C14H18BrNO2/c1-13(8-9-13)14(2,12(17)18-3)16-11-6-4-10(15)5-7-11/h4-7,16H,8-9H2,1-3H3. The van der Waals surface area contributed by atoms with Gasteiger partial charge in [-0.05, 0) is 44.0 Å². The molecule has 2 rings (SSSR count). The Hall–Kier alpha value is -1.03. The molecule has 0 bridgehead atoms. The average Bonchev–Trinajstić information content (AvgIpc) is 3.10. The Morgan fingerprint density at radius 2 is 1.94 bits per heavy atom. The van der Waals surface area contributed by atoms with Crippen LogP contribution in [-0.4, -0.2) is 18.6 Å². The van der Waals surface area contributed by atoms with Crippen LogP contribution in [0, 0.1) is 5.41 Å². The Bertz CT molecular complexity index is 453. The highest BCUT2D eigenvalue weighted by Crippen LogP contribution is 2.55. The third kappa shape index (κ3) is 2.26. The van der Waals surface area contributed by atoms with Gasteiger partial charge >= 0.3 is 5.97 Å². The van der Waals surface area contributed by atoms with Crippen LogP contribution in [0.3, 0.4) is 0 Å². The topological polar surface area (TPSA) is 38.3 Å². The van der Waals surface area contributed by atoms with Crippen LogP contribution < -0.4 is 5.32 Å². The van der Waals surface area contributed by atoms with Gasteiger partial charge in [-0.15, -0.1) is 0 Å². The van der Waals surface area contributed by atoms with Crippen LogP contribution in [-0.2, 0) is 9.53 Å². The first kappa shape index (κ1) is 13.4. The zero-order valence-corrected chi connectivity index (χ0v) is 12.5. The van der Waals surface area contributed by atoms with Crippen molar-refractivity contribution in [3.05, 3.63) is 28.7 Å². The molecule has 0 aliphatic heterocycles. The van der Waals surface area contributed by atoms with Crippen molar-refractivity contribution in [3.63, 3.8) is 0 Å². The Kier molecular flexibility index (Phi) is 3.41. The minimum absolute atomic E-state index is 0.0207. The number of carbonyl (C=O) groups excluding carboxylic acids is 1. The lowest BCUT2D eigenvalue weighted by atomic mass is 9.83. The smallest absolute Gasteiger partial charge is 0.331 e. The summed E-state index contributed by atoms with van der Waals surface area (Å²) < 4.78 is 5.99. The van der Waals surface area contributed by atoms with E-state index in [0.717, 1.165) is 23.0 Å². The first-order chi connectivity index (χ1) is 8.41. The number of benzene rings is 1. The fourth-order valence-electron chi connectivity index (χ4n) is 2.16. The van der Waals surface area contributed by atoms with Crippen molar-refractivity contribution in [2.75, 3.05) is 12.4 Å². The minimum atomic E-state index is -0.671. The summed E-state index contributed by atoms with van der Waals surface area (Å²) in [5.74, 6) is -0.203. The van der Waals surface area contributed by atoms with Gasteiger partial charge in [0.15, 0.2) is 0 Å².